The zero-order valence-electron chi connectivity index (χ0n) is 15.9. The molecule has 0 fully saturated rings. The van der Waals surface area contributed by atoms with Crippen LogP contribution in [0.15, 0.2) is 97.6 Å². The third-order valence-corrected chi connectivity index (χ3v) is 5.11. The summed E-state index contributed by atoms with van der Waals surface area (Å²) in [7, 11) is 1.69. The van der Waals surface area contributed by atoms with Crippen molar-refractivity contribution in [1.82, 2.24) is 0 Å². The molecule has 0 heterocycles. The average molecular weight is 357 g/mol. The van der Waals surface area contributed by atoms with Crippen molar-refractivity contribution in [2.45, 2.75) is 18.3 Å². The van der Waals surface area contributed by atoms with Crippen molar-refractivity contribution in [1.29, 1.82) is 0 Å². The van der Waals surface area contributed by atoms with E-state index in [1.807, 2.05) is 18.2 Å². The first kappa shape index (κ1) is 18.8. The van der Waals surface area contributed by atoms with E-state index in [-0.39, 0.29) is 5.41 Å². The molecule has 0 spiro atoms. The van der Waals surface area contributed by atoms with Crippen LogP contribution in [0.4, 0.5) is 5.69 Å². The molecule has 0 aliphatic heterocycles. The highest BCUT2D eigenvalue weighted by molar-refractivity contribution is 5.49. The number of hydrogen-bond donors (Lipinski definition) is 1. The molecule has 27 heavy (non-hydrogen) atoms. The second kappa shape index (κ2) is 9.09. The van der Waals surface area contributed by atoms with Gasteiger partial charge in [-0.1, -0.05) is 66.7 Å². The molecular formula is C25H27NO. The van der Waals surface area contributed by atoms with Crippen molar-refractivity contribution in [3.05, 3.63) is 109 Å². The van der Waals surface area contributed by atoms with Crippen LogP contribution in [0.3, 0.4) is 0 Å². The highest BCUT2D eigenvalue weighted by atomic mass is 16.5. The molecule has 3 rings (SSSR count). The molecule has 2 heteroatoms. The summed E-state index contributed by atoms with van der Waals surface area (Å²) < 4.78 is 5.27. The number of methoxy groups -OCH3 is 1. The first-order chi connectivity index (χ1) is 13.3. The maximum Gasteiger partial charge on any atom is 0.119 e. The molecule has 0 atom stereocenters. The maximum atomic E-state index is 5.27. The second-order valence-corrected chi connectivity index (χ2v) is 6.72. The summed E-state index contributed by atoms with van der Waals surface area (Å²) in [5.41, 5.74) is 3.60. The zero-order valence-corrected chi connectivity index (χ0v) is 15.9. The van der Waals surface area contributed by atoms with E-state index in [1.54, 1.807) is 7.11 Å². The number of anilines is 1. The molecule has 0 amide bonds. The van der Waals surface area contributed by atoms with Gasteiger partial charge in [0.25, 0.3) is 0 Å². The lowest BCUT2D eigenvalue weighted by Gasteiger charge is -2.36. The Kier molecular flexibility index (Phi) is 6.32. The highest BCUT2D eigenvalue weighted by Gasteiger charge is 2.33. The van der Waals surface area contributed by atoms with Gasteiger partial charge in [-0.3, -0.25) is 0 Å². The summed E-state index contributed by atoms with van der Waals surface area (Å²) in [5.74, 6) is 0.865. The molecule has 0 saturated carbocycles. The van der Waals surface area contributed by atoms with E-state index in [2.05, 4.69) is 84.7 Å². The molecule has 2 nitrogen and oxygen atoms in total. The Balaban J connectivity index is 1.97. The van der Waals surface area contributed by atoms with Gasteiger partial charge < -0.3 is 10.1 Å². The van der Waals surface area contributed by atoms with Crippen LogP contribution in [0.1, 0.15) is 24.0 Å². The highest BCUT2D eigenvalue weighted by Crippen LogP contribution is 2.37. The zero-order chi connectivity index (χ0) is 19.0. The van der Waals surface area contributed by atoms with Gasteiger partial charge >= 0.3 is 0 Å². The van der Waals surface area contributed by atoms with Crippen molar-refractivity contribution < 1.29 is 4.74 Å². The summed E-state index contributed by atoms with van der Waals surface area (Å²) in [6.45, 7) is 4.76. The molecule has 1 N–H and O–H groups in total. The third-order valence-electron chi connectivity index (χ3n) is 5.11. The maximum absolute atomic E-state index is 5.27. The van der Waals surface area contributed by atoms with E-state index in [9.17, 15) is 0 Å². The van der Waals surface area contributed by atoms with Gasteiger partial charge in [-0.2, -0.15) is 0 Å². The Morgan fingerprint density at radius 3 is 1.89 bits per heavy atom. The fraction of sp³-hybridized carbons (Fsp3) is 0.200. The van der Waals surface area contributed by atoms with Crippen LogP contribution in [0.5, 0.6) is 5.75 Å². The van der Waals surface area contributed by atoms with Crippen LogP contribution in [-0.4, -0.2) is 13.7 Å². The third kappa shape index (κ3) is 4.40. The Labute approximate surface area is 162 Å². The minimum absolute atomic E-state index is 0.128. The van der Waals surface area contributed by atoms with E-state index in [0.29, 0.717) is 0 Å². The monoisotopic (exact) mass is 357 g/mol. The molecular weight excluding hydrogens is 330 g/mol. The van der Waals surface area contributed by atoms with E-state index in [1.165, 1.54) is 11.1 Å². The van der Waals surface area contributed by atoms with E-state index >= 15 is 0 Å². The molecule has 0 unspecified atom stereocenters. The quantitative estimate of drug-likeness (QED) is 0.470. The molecule has 0 aromatic heterocycles. The lowest BCUT2D eigenvalue weighted by molar-refractivity contribution is 0.415. The van der Waals surface area contributed by atoms with Gasteiger partial charge in [0.2, 0.25) is 0 Å². The molecule has 0 saturated heterocycles. The Morgan fingerprint density at radius 2 is 1.41 bits per heavy atom. The fourth-order valence-corrected chi connectivity index (χ4v) is 3.57. The fourth-order valence-electron chi connectivity index (χ4n) is 3.57. The summed E-state index contributed by atoms with van der Waals surface area (Å²) in [6, 6.07) is 29.6. The van der Waals surface area contributed by atoms with Gasteiger partial charge in [0, 0.05) is 17.6 Å². The van der Waals surface area contributed by atoms with Crippen LogP contribution in [0, 0.1) is 0 Å². The molecule has 0 bridgehead atoms. The Hall–Kier alpha value is -3.00. The smallest absolute Gasteiger partial charge is 0.119 e. The number of benzene rings is 3. The van der Waals surface area contributed by atoms with Crippen LogP contribution in [0.25, 0.3) is 0 Å². The van der Waals surface area contributed by atoms with E-state index in [0.717, 1.165) is 30.8 Å². The molecule has 0 aliphatic rings. The van der Waals surface area contributed by atoms with E-state index < -0.39 is 0 Å². The van der Waals surface area contributed by atoms with Crippen LogP contribution >= 0.6 is 0 Å². The molecule has 3 aromatic carbocycles. The molecule has 0 aliphatic carbocycles. The minimum atomic E-state index is -0.128. The first-order valence-electron chi connectivity index (χ1n) is 9.38. The van der Waals surface area contributed by atoms with Crippen molar-refractivity contribution in [3.63, 3.8) is 0 Å². The first-order valence-corrected chi connectivity index (χ1v) is 9.38. The van der Waals surface area contributed by atoms with Gasteiger partial charge in [0.15, 0.2) is 0 Å². The molecule has 0 radical (unpaired) electrons. The van der Waals surface area contributed by atoms with E-state index in [4.69, 9.17) is 4.74 Å². The number of ether oxygens (including phenoxy) is 1. The lowest BCUT2D eigenvalue weighted by atomic mass is 9.71. The number of hydrogen-bond acceptors (Lipinski definition) is 2. The summed E-state index contributed by atoms with van der Waals surface area (Å²) in [5, 5.41) is 3.65. The van der Waals surface area contributed by atoms with Crippen LogP contribution in [-0.2, 0) is 5.41 Å². The second-order valence-electron chi connectivity index (χ2n) is 6.72. The normalized spacial score (nSPS) is 11.0. The van der Waals surface area contributed by atoms with Crippen molar-refractivity contribution in [3.8, 4) is 5.75 Å². The van der Waals surface area contributed by atoms with Crippen LogP contribution < -0.4 is 10.1 Å². The Bertz CT molecular complexity index is 786. The van der Waals surface area contributed by atoms with Gasteiger partial charge in [-0.25, -0.2) is 0 Å². The standard InChI is InChI=1S/C25H27NO/c1-3-4-19-25(21-11-7-5-8-12-21,22-13-9-6-10-14-22)20-26-23-15-17-24(27-2)18-16-23/h3,5-18,26H,1,4,19-20H2,2H3. The topological polar surface area (TPSA) is 21.3 Å². The lowest BCUT2D eigenvalue weighted by Crippen LogP contribution is -2.35. The molecule has 3 aromatic rings. The van der Waals surface area contributed by atoms with Crippen molar-refractivity contribution >= 4 is 5.69 Å². The number of rotatable bonds is 9. The van der Waals surface area contributed by atoms with Gasteiger partial charge in [-0.15, -0.1) is 6.58 Å². The number of allylic oxidation sites excluding steroid dienone is 1. The van der Waals surface area contributed by atoms with Gasteiger partial charge in [-0.05, 0) is 48.2 Å². The Morgan fingerprint density at radius 1 is 0.852 bits per heavy atom. The summed E-state index contributed by atoms with van der Waals surface area (Å²) in [6.07, 6.45) is 3.95. The van der Waals surface area contributed by atoms with Crippen LogP contribution in [0.2, 0.25) is 0 Å². The van der Waals surface area contributed by atoms with Crippen molar-refractivity contribution in [2.75, 3.05) is 19.0 Å². The predicted octanol–water partition coefficient (Wildman–Crippen LogP) is 6.06. The van der Waals surface area contributed by atoms with Gasteiger partial charge in [0.05, 0.1) is 7.11 Å². The predicted molar refractivity (Wildman–Crippen MR) is 115 cm³/mol. The van der Waals surface area contributed by atoms with Gasteiger partial charge in [0.1, 0.15) is 5.75 Å². The summed E-state index contributed by atoms with van der Waals surface area (Å²) >= 11 is 0. The summed E-state index contributed by atoms with van der Waals surface area (Å²) in [4.78, 5) is 0. The van der Waals surface area contributed by atoms with Crippen molar-refractivity contribution in [2.24, 2.45) is 0 Å². The average Bonchev–Trinajstić information content (AvgIpc) is 2.76. The SMILES string of the molecule is C=CCCC(CNc1ccc(OC)cc1)(c1ccccc1)c1ccccc1. The molecule has 138 valence electrons. The number of nitrogens with one attached hydrogen (secondary N) is 1. The largest absolute Gasteiger partial charge is 0.497 e. The minimum Gasteiger partial charge on any atom is -0.497 e.